The summed E-state index contributed by atoms with van der Waals surface area (Å²) >= 11 is 7.85. The van der Waals surface area contributed by atoms with Crippen molar-refractivity contribution in [3.8, 4) is 11.1 Å². The maximum atomic E-state index is 13.5. The van der Waals surface area contributed by atoms with Gasteiger partial charge in [-0.3, -0.25) is 19.3 Å². The number of hydrogen-bond donors (Lipinski definition) is 2. The lowest BCUT2D eigenvalue weighted by Crippen LogP contribution is -2.30. The van der Waals surface area contributed by atoms with Gasteiger partial charge in [0.25, 0.3) is 5.91 Å². The van der Waals surface area contributed by atoms with Crippen LogP contribution in [0.15, 0.2) is 34.6 Å². The Morgan fingerprint density at radius 1 is 1.16 bits per heavy atom. The van der Waals surface area contributed by atoms with Crippen molar-refractivity contribution in [2.45, 2.75) is 19.3 Å². The summed E-state index contributed by atoms with van der Waals surface area (Å²) in [5, 5.41) is 12.6. The molecule has 0 radical (unpaired) electrons. The van der Waals surface area contributed by atoms with Crippen LogP contribution >= 0.6 is 35.3 Å². The Labute approximate surface area is 196 Å². The number of carboxylic acids is 1. The average molecular weight is 497 g/mol. The second kappa shape index (κ2) is 10.8. The first-order valence-electron chi connectivity index (χ1n) is 9.52. The van der Waals surface area contributed by atoms with Crippen LogP contribution in [-0.2, 0) is 14.4 Å². The Bertz CT molecular complexity index is 1100. The smallest absolute Gasteiger partial charge is 0.322 e. The first-order valence-corrected chi connectivity index (χ1v) is 11.6. The molecule has 1 saturated heterocycles. The van der Waals surface area contributed by atoms with Gasteiger partial charge in [-0.1, -0.05) is 30.0 Å². The molecule has 2 N–H and O–H groups in total. The van der Waals surface area contributed by atoms with E-state index < -0.39 is 24.1 Å². The van der Waals surface area contributed by atoms with E-state index in [1.54, 1.807) is 17.5 Å². The molecule has 2 heterocycles. The number of amides is 2. The van der Waals surface area contributed by atoms with Gasteiger partial charge < -0.3 is 10.4 Å². The highest BCUT2D eigenvalue weighted by atomic mass is 32.2. The fourth-order valence-corrected chi connectivity index (χ4v) is 5.12. The summed E-state index contributed by atoms with van der Waals surface area (Å²) in [6.45, 7) is -0.0579. The molecule has 1 aliphatic heterocycles. The largest absolute Gasteiger partial charge is 0.480 e. The molecule has 0 bridgehead atoms. The predicted molar refractivity (Wildman–Crippen MR) is 124 cm³/mol. The normalized spacial score (nSPS) is 14.9. The summed E-state index contributed by atoms with van der Waals surface area (Å²) in [6, 6.07) is 5.48. The number of thiophene rings is 1. The van der Waals surface area contributed by atoms with Gasteiger partial charge in [0, 0.05) is 17.8 Å². The number of halogens is 2. The summed E-state index contributed by atoms with van der Waals surface area (Å²) in [4.78, 5) is 37.4. The van der Waals surface area contributed by atoms with Crippen LogP contribution in [0.25, 0.3) is 17.2 Å². The van der Waals surface area contributed by atoms with Gasteiger partial charge in [-0.2, -0.15) is 0 Å². The van der Waals surface area contributed by atoms with Crippen molar-refractivity contribution >= 4 is 63.5 Å². The van der Waals surface area contributed by atoms with Crippen LogP contribution in [0.5, 0.6) is 0 Å². The van der Waals surface area contributed by atoms with E-state index in [0.717, 1.165) is 22.6 Å². The number of benzene rings is 1. The molecule has 6 nitrogen and oxygen atoms in total. The third-order valence-corrected chi connectivity index (χ3v) is 6.75. The van der Waals surface area contributed by atoms with E-state index in [0.29, 0.717) is 34.2 Å². The Hall–Kier alpha value is -2.63. The molecule has 0 spiro atoms. The average Bonchev–Trinajstić information content (AvgIpc) is 3.31. The van der Waals surface area contributed by atoms with E-state index in [4.69, 9.17) is 17.3 Å². The van der Waals surface area contributed by atoms with E-state index in [-0.39, 0.29) is 18.2 Å². The number of nitrogens with one attached hydrogen (secondary N) is 1. The van der Waals surface area contributed by atoms with Crippen LogP contribution in [0.1, 0.15) is 24.1 Å². The molecule has 1 aliphatic rings. The lowest BCUT2D eigenvalue weighted by atomic mass is 10.1. The zero-order valence-electron chi connectivity index (χ0n) is 16.6. The summed E-state index contributed by atoms with van der Waals surface area (Å²) in [7, 11) is 0. The monoisotopic (exact) mass is 496 g/mol. The molecular weight excluding hydrogens is 478 g/mol. The van der Waals surface area contributed by atoms with Gasteiger partial charge >= 0.3 is 5.97 Å². The SMILES string of the molecule is O=C(O)CNC(=O)CCCCN1C(=O)/C(=C/c2cc(-c3ccc(F)c(F)c3)cs2)SC1=S. The number of nitrogens with zero attached hydrogens (tertiary/aromatic N) is 1. The molecule has 3 rings (SSSR count). The fraction of sp³-hybridized carbons (Fsp3) is 0.238. The van der Waals surface area contributed by atoms with Crippen molar-refractivity contribution in [3.63, 3.8) is 0 Å². The van der Waals surface area contributed by atoms with Crippen molar-refractivity contribution in [3.05, 3.63) is 51.1 Å². The van der Waals surface area contributed by atoms with Crippen molar-refractivity contribution in [2.24, 2.45) is 0 Å². The molecule has 168 valence electrons. The number of thioether (sulfide) groups is 1. The van der Waals surface area contributed by atoms with Gasteiger partial charge in [-0.05, 0) is 53.6 Å². The van der Waals surface area contributed by atoms with Gasteiger partial charge in [-0.25, -0.2) is 8.78 Å². The standard InChI is InChI=1S/C21H18F2N2O4S3/c22-15-5-4-12(8-16(15)23)13-7-14(31-11-13)9-17-20(29)25(21(30)32-17)6-2-1-3-18(26)24-10-19(27)28/h4-5,7-9,11H,1-3,6,10H2,(H,24,26)(H,27,28)/b17-9-. The Balaban J connectivity index is 1.56. The van der Waals surface area contributed by atoms with Gasteiger partial charge in [0.1, 0.15) is 10.9 Å². The minimum absolute atomic E-state index is 0.167. The summed E-state index contributed by atoms with van der Waals surface area (Å²) in [6.07, 6.45) is 2.91. The van der Waals surface area contributed by atoms with Crippen LogP contribution < -0.4 is 5.32 Å². The third-order valence-electron chi connectivity index (χ3n) is 4.49. The minimum atomic E-state index is -1.11. The van der Waals surface area contributed by atoms with E-state index in [1.807, 2.05) is 0 Å². The second-order valence-electron chi connectivity index (χ2n) is 6.83. The molecule has 32 heavy (non-hydrogen) atoms. The van der Waals surface area contributed by atoms with E-state index >= 15 is 0 Å². The summed E-state index contributed by atoms with van der Waals surface area (Å²) < 4.78 is 27.0. The lowest BCUT2D eigenvalue weighted by Gasteiger charge is -2.13. The van der Waals surface area contributed by atoms with E-state index in [9.17, 15) is 23.2 Å². The molecule has 1 aromatic carbocycles. The fourth-order valence-electron chi connectivity index (χ4n) is 2.90. The van der Waals surface area contributed by atoms with Crippen molar-refractivity contribution in [2.75, 3.05) is 13.1 Å². The van der Waals surface area contributed by atoms with Crippen LogP contribution in [0.2, 0.25) is 0 Å². The lowest BCUT2D eigenvalue weighted by molar-refractivity contribution is -0.138. The molecule has 0 unspecified atom stereocenters. The molecule has 2 amide bonds. The summed E-state index contributed by atoms with van der Waals surface area (Å²) in [5.74, 6) is -3.51. The van der Waals surface area contributed by atoms with Crippen LogP contribution in [-0.4, -0.2) is 45.2 Å². The molecule has 11 heteroatoms. The molecule has 1 aromatic heterocycles. The Kier molecular flexibility index (Phi) is 8.10. The first-order chi connectivity index (χ1) is 15.2. The van der Waals surface area contributed by atoms with E-state index in [2.05, 4.69) is 5.32 Å². The Morgan fingerprint density at radius 3 is 2.66 bits per heavy atom. The van der Waals surface area contributed by atoms with Crippen molar-refractivity contribution < 1.29 is 28.3 Å². The highest BCUT2D eigenvalue weighted by Crippen LogP contribution is 2.35. The van der Waals surface area contributed by atoms with Gasteiger partial charge in [-0.15, -0.1) is 11.3 Å². The van der Waals surface area contributed by atoms with E-state index in [1.165, 1.54) is 34.1 Å². The maximum absolute atomic E-state index is 13.5. The molecule has 0 saturated carbocycles. The number of carboxylic acid groups (broad SMARTS) is 1. The molecule has 0 aliphatic carbocycles. The van der Waals surface area contributed by atoms with Crippen LogP contribution in [0, 0.1) is 11.6 Å². The first kappa shape index (κ1) is 24.0. The van der Waals surface area contributed by atoms with Gasteiger partial charge in [0.15, 0.2) is 11.6 Å². The maximum Gasteiger partial charge on any atom is 0.322 e. The van der Waals surface area contributed by atoms with Gasteiger partial charge in [0.2, 0.25) is 5.91 Å². The molecule has 2 aromatic rings. The highest BCUT2D eigenvalue weighted by Gasteiger charge is 2.31. The number of thiocarbonyl (C=S) groups is 1. The number of rotatable bonds is 9. The number of hydrogen-bond acceptors (Lipinski definition) is 6. The zero-order valence-corrected chi connectivity index (χ0v) is 19.0. The quantitative estimate of drug-likeness (QED) is 0.306. The Morgan fingerprint density at radius 2 is 1.94 bits per heavy atom. The number of carbonyl (C=O) groups excluding carboxylic acids is 2. The highest BCUT2D eigenvalue weighted by molar-refractivity contribution is 8.26. The minimum Gasteiger partial charge on any atom is -0.480 e. The predicted octanol–water partition coefficient (Wildman–Crippen LogP) is 4.27. The van der Waals surface area contributed by atoms with Crippen molar-refractivity contribution in [1.82, 2.24) is 10.2 Å². The third kappa shape index (κ3) is 6.21. The van der Waals surface area contributed by atoms with Crippen LogP contribution in [0.3, 0.4) is 0 Å². The van der Waals surface area contributed by atoms with Crippen LogP contribution in [0.4, 0.5) is 8.78 Å². The zero-order chi connectivity index (χ0) is 23.3. The number of unbranched alkanes of at least 4 members (excludes halogenated alkanes) is 1. The molecule has 1 fully saturated rings. The number of carbonyl (C=O) groups is 3. The van der Waals surface area contributed by atoms with Gasteiger partial charge in [0.05, 0.1) is 4.91 Å². The molecular formula is C21H18F2N2O4S3. The number of aliphatic carboxylic acids is 1. The van der Waals surface area contributed by atoms with Crippen molar-refractivity contribution in [1.29, 1.82) is 0 Å². The summed E-state index contributed by atoms with van der Waals surface area (Å²) in [5.41, 5.74) is 1.26. The second-order valence-corrected chi connectivity index (χ2v) is 9.45. The topological polar surface area (TPSA) is 86.7 Å². The molecule has 0 atom stereocenters.